The summed E-state index contributed by atoms with van der Waals surface area (Å²) in [6.07, 6.45) is -5.50. The number of benzene rings is 1. The molecule has 0 amide bonds. The molecular weight excluding hydrogens is 586 g/mol. The van der Waals surface area contributed by atoms with Crippen molar-refractivity contribution < 1.29 is 53.3 Å². The first-order chi connectivity index (χ1) is 21.4. The summed E-state index contributed by atoms with van der Waals surface area (Å²) in [6.45, 7) is 2.00. The van der Waals surface area contributed by atoms with Crippen LogP contribution in [0.1, 0.15) is 30.1 Å². The minimum absolute atomic E-state index is 0.0754. The van der Waals surface area contributed by atoms with E-state index in [-0.39, 0.29) is 25.0 Å². The zero-order valence-corrected chi connectivity index (χ0v) is 26.6. The predicted molar refractivity (Wildman–Crippen MR) is 156 cm³/mol. The summed E-state index contributed by atoms with van der Waals surface area (Å²) in [4.78, 5) is 29.1. The van der Waals surface area contributed by atoms with E-state index in [4.69, 9.17) is 28.4 Å². The van der Waals surface area contributed by atoms with Crippen LogP contribution in [0.5, 0.6) is 0 Å². The Bertz CT molecular complexity index is 1350. The number of carbonyl (C=O) groups excluding carboxylic acids is 2. The van der Waals surface area contributed by atoms with E-state index in [0.29, 0.717) is 18.5 Å². The van der Waals surface area contributed by atoms with Crippen LogP contribution in [0.2, 0.25) is 0 Å². The molecule has 7 rings (SSSR count). The lowest BCUT2D eigenvalue weighted by molar-refractivity contribution is -0.321. The van der Waals surface area contributed by atoms with E-state index in [9.17, 15) is 24.9 Å². The number of fused-ring (bicyclic) bond motifs is 2. The van der Waals surface area contributed by atoms with Crippen molar-refractivity contribution in [3.05, 3.63) is 35.9 Å². The molecule has 0 radical (unpaired) electrons. The maximum atomic E-state index is 13.7. The average Bonchev–Trinajstić information content (AvgIpc) is 3.40. The molecule has 1 aromatic carbocycles. The normalized spacial score (nSPS) is 50.7. The molecule has 1 spiro atoms. The molecule has 1 aromatic rings. The van der Waals surface area contributed by atoms with Gasteiger partial charge in [-0.15, -0.1) is 0 Å². The van der Waals surface area contributed by atoms with Gasteiger partial charge in [-0.25, -0.2) is 4.79 Å². The summed E-state index contributed by atoms with van der Waals surface area (Å²) in [7, 11) is 8.20. The van der Waals surface area contributed by atoms with Crippen LogP contribution in [0.3, 0.4) is 0 Å². The molecule has 248 valence electrons. The Morgan fingerprint density at radius 2 is 1.71 bits per heavy atom. The molecule has 7 bridgehead atoms. The number of esters is 2. The number of nitrogens with zero attached hydrogens (tertiary/aromatic N) is 1. The highest BCUT2D eigenvalue weighted by molar-refractivity contribution is 5.89. The number of likely N-dealkylation sites (tertiary alicyclic amines) is 1. The molecule has 5 saturated carbocycles. The lowest BCUT2D eigenvalue weighted by Gasteiger charge is -2.70. The van der Waals surface area contributed by atoms with Crippen molar-refractivity contribution in [2.45, 2.75) is 73.6 Å². The number of hydrogen-bond donors (Lipinski definition) is 3. The summed E-state index contributed by atoms with van der Waals surface area (Å²) in [5.41, 5.74) is -4.79. The number of aliphatic hydroxyl groups excluding tert-OH is 2. The van der Waals surface area contributed by atoms with Crippen LogP contribution in [-0.2, 0) is 33.2 Å². The van der Waals surface area contributed by atoms with E-state index in [1.54, 1.807) is 51.7 Å². The minimum Gasteiger partial charge on any atom is -0.455 e. The number of hydrogen-bond acceptors (Lipinski definition) is 12. The first-order valence-electron chi connectivity index (χ1n) is 15.8. The summed E-state index contributed by atoms with van der Waals surface area (Å²) in [6, 6.07) is 8.15. The van der Waals surface area contributed by atoms with Gasteiger partial charge in [-0.1, -0.05) is 18.2 Å². The highest BCUT2D eigenvalue weighted by Gasteiger charge is 2.92. The number of rotatable bonds is 8. The van der Waals surface area contributed by atoms with Gasteiger partial charge in [0, 0.05) is 83.0 Å². The Morgan fingerprint density at radius 3 is 2.31 bits per heavy atom. The van der Waals surface area contributed by atoms with Crippen molar-refractivity contribution >= 4 is 11.9 Å². The van der Waals surface area contributed by atoms with Crippen molar-refractivity contribution in [1.82, 2.24) is 4.90 Å². The lowest BCUT2D eigenvalue weighted by atomic mass is 9.42. The van der Waals surface area contributed by atoms with Crippen molar-refractivity contribution in [3.8, 4) is 0 Å². The van der Waals surface area contributed by atoms with Crippen molar-refractivity contribution in [3.63, 3.8) is 0 Å². The lowest BCUT2D eigenvalue weighted by Crippen LogP contribution is -2.81. The molecule has 12 heteroatoms. The number of ether oxygens (including phenoxy) is 6. The monoisotopic (exact) mass is 631 g/mol. The molecule has 1 saturated heterocycles. The van der Waals surface area contributed by atoms with Gasteiger partial charge in [0.05, 0.1) is 30.5 Å². The van der Waals surface area contributed by atoms with Crippen molar-refractivity contribution in [1.29, 1.82) is 0 Å². The van der Waals surface area contributed by atoms with Crippen LogP contribution in [0, 0.1) is 34.5 Å². The Balaban J connectivity index is 1.52. The summed E-state index contributed by atoms with van der Waals surface area (Å²) in [5.74, 6) is -3.66. The van der Waals surface area contributed by atoms with Gasteiger partial charge in [-0.3, -0.25) is 4.79 Å². The first-order valence-corrected chi connectivity index (χ1v) is 15.8. The summed E-state index contributed by atoms with van der Waals surface area (Å²) < 4.78 is 37.2. The molecule has 15 atom stereocenters. The van der Waals surface area contributed by atoms with Gasteiger partial charge in [-0.05, 0) is 31.5 Å². The molecule has 6 aliphatic rings. The second-order valence-corrected chi connectivity index (χ2v) is 14.3. The first kappa shape index (κ1) is 31.4. The Hall–Kier alpha value is -2.16. The maximum Gasteiger partial charge on any atom is 0.338 e. The number of aliphatic hydroxyl groups is 3. The van der Waals surface area contributed by atoms with Crippen molar-refractivity contribution in [2.75, 3.05) is 48.6 Å². The second kappa shape index (κ2) is 10.4. The second-order valence-electron chi connectivity index (χ2n) is 14.3. The molecule has 1 unspecified atom stereocenters. The molecule has 0 aromatic heterocycles. The summed E-state index contributed by atoms with van der Waals surface area (Å²) in [5, 5.41) is 37.0. The zero-order chi connectivity index (χ0) is 32.3. The van der Waals surface area contributed by atoms with E-state index in [1.807, 2.05) is 7.05 Å². The van der Waals surface area contributed by atoms with Gasteiger partial charge in [0.2, 0.25) is 0 Å². The predicted octanol–water partition coefficient (Wildman–Crippen LogP) is 0.258. The molecule has 3 N–H and O–H groups in total. The van der Waals surface area contributed by atoms with Crippen molar-refractivity contribution in [2.24, 2.45) is 34.5 Å². The Labute approximate surface area is 262 Å². The van der Waals surface area contributed by atoms with Crippen LogP contribution in [-0.4, -0.2) is 135 Å². The SMILES string of the molecule is COC[C@]12CN(C)[C@@H]3[C@@H]4[C@H](OC)[C@H]1[C@]3([C@@H](OC)CC2O)[C@@H]1C[C@]2(O)[C@H](OC(=O)c3ccccc3)[C@@H]1[C@]4(OC(C)=O)[C@@H](O)[C@@H]2OC. The third-order valence-corrected chi connectivity index (χ3v) is 12.9. The Morgan fingerprint density at radius 1 is 1.00 bits per heavy atom. The smallest absolute Gasteiger partial charge is 0.338 e. The molecule has 1 aliphatic heterocycles. The fourth-order valence-electron chi connectivity index (χ4n) is 12.2. The van der Waals surface area contributed by atoms with Crippen LogP contribution in [0.4, 0.5) is 0 Å². The maximum absolute atomic E-state index is 13.7. The standard InChI is InChI=1S/C33H45NO11/c1-16(35)45-33-21-18(13-31(39,28(43-6)26(33)37)27(21)44-29(38)17-10-8-7-9-11-17)32-20(41-4)12-19(36)30(15-40-3)14-34(2)25(32)22(33)23(42-5)24(30)32/h7-11,18-28,36-37,39H,12-15H2,1-6H3/t18-,19?,20+,21-,22+,23+,24-,25-,26+,27-,28+,30+,31+,32-,33-/m1/s1. The Kier molecular flexibility index (Phi) is 7.28. The van der Waals surface area contributed by atoms with E-state index < -0.39 is 88.3 Å². The molecule has 1 heterocycles. The largest absolute Gasteiger partial charge is 0.455 e. The van der Waals surface area contributed by atoms with Gasteiger partial charge in [0.25, 0.3) is 0 Å². The van der Waals surface area contributed by atoms with Gasteiger partial charge < -0.3 is 48.6 Å². The molecular formula is C33H45NO11. The third kappa shape index (κ3) is 3.55. The number of methoxy groups -OCH3 is 4. The number of carbonyl (C=O) groups is 2. The molecule has 12 nitrogen and oxygen atoms in total. The zero-order valence-electron chi connectivity index (χ0n) is 26.6. The van der Waals surface area contributed by atoms with Crippen LogP contribution >= 0.6 is 0 Å². The highest BCUT2D eigenvalue weighted by Crippen LogP contribution is 2.80. The number of piperidine rings is 1. The van der Waals surface area contributed by atoms with E-state index >= 15 is 0 Å². The average molecular weight is 632 g/mol. The van der Waals surface area contributed by atoms with Gasteiger partial charge >= 0.3 is 11.9 Å². The fourth-order valence-corrected chi connectivity index (χ4v) is 12.2. The van der Waals surface area contributed by atoms with Crippen LogP contribution in [0.15, 0.2) is 30.3 Å². The van der Waals surface area contributed by atoms with Gasteiger partial charge in [-0.2, -0.15) is 0 Å². The quantitative estimate of drug-likeness (QED) is 0.337. The van der Waals surface area contributed by atoms with E-state index in [2.05, 4.69) is 4.90 Å². The molecule has 5 aliphatic carbocycles. The van der Waals surface area contributed by atoms with Crippen LogP contribution in [0.25, 0.3) is 0 Å². The highest BCUT2D eigenvalue weighted by atomic mass is 16.6. The topological polar surface area (TPSA) is 153 Å². The molecule has 6 fully saturated rings. The van der Waals surface area contributed by atoms with Gasteiger partial charge in [0.15, 0.2) is 5.60 Å². The third-order valence-electron chi connectivity index (χ3n) is 12.9. The summed E-state index contributed by atoms with van der Waals surface area (Å²) >= 11 is 0. The van der Waals surface area contributed by atoms with Gasteiger partial charge in [0.1, 0.15) is 23.9 Å². The van der Waals surface area contributed by atoms with Crippen LogP contribution < -0.4 is 0 Å². The minimum atomic E-state index is -1.83. The van der Waals surface area contributed by atoms with E-state index in [1.165, 1.54) is 14.0 Å². The fraction of sp³-hybridized carbons (Fsp3) is 0.758. The van der Waals surface area contributed by atoms with E-state index in [0.717, 1.165) is 0 Å². The molecule has 45 heavy (non-hydrogen) atoms.